The molecule has 0 saturated heterocycles. The zero-order chi connectivity index (χ0) is 13.7. The second-order valence-electron chi connectivity index (χ2n) is 6.24. The summed E-state index contributed by atoms with van der Waals surface area (Å²) in [5.41, 5.74) is 3.44. The van der Waals surface area contributed by atoms with Gasteiger partial charge in [-0.25, -0.2) is 0 Å². The largest absolute Gasteiger partial charge is 0.383 e. The average molecular weight is 261 g/mol. The number of benzene rings is 1. The average Bonchev–Trinajstić information content (AvgIpc) is 3.15. The van der Waals surface area contributed by atoms with E-state index >= 15 is 0 Å². The van der Waals surface area contributed by atoms with Gasteiger partial charge in [-0.05, 0) is 41.7 Å². The van der Waals surface area contributed by atoms with E-state index in [1.54, 1.807) is 7.11 Å². The lowest BCUT2D eigenvalue weighted by atomic mass is 9.94. The van der Waals surface area contributed by atoms with E-state index in [0.29, 0.717) is 11.3 Å². The van der Waals surface area contributed by atoms with Gasteiger partial charge in [0.05, 0.1) is 6.61 Å². The normalized spacial score (nSPS) is 16.8. The third-order valence-electron chi connectivity index (χ3n) is 4.17. The Balaban J connectivity index is 1.83. The predicted molar refractivity (Wildman–Crippen MR) is 80.6 cm³/mol. The Kier molecular flexibility index (Phi) is 5.00. The Morgan fingerprint density at radius 2 is 1.89 bits per heavy atom. The van der Waals surface area contributed by atoms with Crippen molar-refractivity contribution in [1.82, 2.24) is 5.32 Å². The van der Waals surface area contributed by atoms with Crippen molar-refractivity contribution in [2.75, 3.05) is 26.8 Å². The Bertz CT molecular complexity index is 379. The predicted octanol–water partition coefficient (Wildman–Crippen LogP) is 3.37. The van der Waals surface area contributed by atoms with Crippen LogP contribution >= 0.6 is 0 Å². The van der Waals surface area contributed by atoms with Crippen LogP contribution in [0.15, 0.2) is 24.3 Å². The molecule has 0 bridgehead atoms. The van der Waals surface area contributed by atoms with Crippen LogP contribution in [0, 0.1) is 5.41 Å². The van der Waals surface area contributed by atoms with Crippen LogP contribution in [0.2, 0.25) is 0 Å². The van der Waals surface area contributed by atoms with Crippen molar-refractivity contribution < 1.29 is 4.74 Å². The zero-order valence-electron chi connectivity index (χ0n) is 12.5. The van der Waals surface area contributed by atoms with Crippen LogP contribution in [0.3, 0.4) is 0 Å². The van der Waals surface area contributed by atoms with Gasteiger partial charge in [0.2, 0.25) is 0 Å². The smallest absolute Gasteiger partial charge is 0.0587 e. The van der Waals surface area contributed by atoms with E-state index in [1.807, 2.05) is 0 Å². The number of hydrogen-bond donors (Lipinski definition) is 1. The third-order valence-corrected chi connectivity index (χ3v) is 4.17. The molecule has 1 aromatic carbocycles. The molecule has 2 heteroatoms. The Labute approximate surface area is 117 Å². The minimum atomic E-state index is 0.521. The molecule has 1 aliphatic carbocycles. The second-order valence-corrected chi connectivity index (χ2v) is 6.24. The molecule has 1 fully saturated rings. The highest BCUT2D eigenvalue weighted by Crippen LogP contribution is 2.47. The van der Waals surface area contributed by atoms with Crippen molar-refractivity contribution in [3.05, 3.63) is 35.4 Å². The van der Waals surface area contributed by atoms with E-state index in [9.17, 15) is 0 Å². The van der Waals surface area contributed by atoms with Gasteiger partial charge in [-0.1, -0.05) is 38.1 Å². The van der Waals surface area contributed by atoms with E-state index in [-0.39, 0.29) is 0 Å². The van der Waals surface area contributed by atoms with Crippen molar-refractivity contribution >= 4 is 0 Å². The number of ether oxygens (including phenoxy) is 1. The highest BCUT2D eigenvalue weighted by atomic mass is 16.5. The molecule has 0 atom stereocenters. The highest BCUT2D eigenvalue weighted by Gasteiger charge is 2.41. The molecule has 1 saturated carbocycles. The maximum Gasteiger partial charge on any atom is 0.0587 e. The molecule has 0 aromatic heterocycles. The van der Waals surface area contributed by atoms with Gasteiger partial charge >= 0.3 is 0 Å². The van der Waals surface area contributed by atoms with E-state index in [1.165, 1.54) is 30.4 Å². The summed E-state index contributed by atoms with van der Waals surface area (Å²) in [6.07, 6.45) is 3.93. The fourth-order valence-electron chi connectivity index (χ4n) is 2.57. The number of rotatable bonds is 8. The summed E-state index contributed by atoms with van der Waals surface area (Å²) < 4.78 is 5.07. The van der Waals surface area contributed by atoms with E-state index in [4.69, 9.17) is 4.74 Å². The standard InChI is InChI=1S/C17H27NO/c1-14(2)16-6-4-15(5-7-16)12-17(8-9-17)13-18-10-11-19-3/h4-7,14,18H,8-13H2,1-3H3. The van der Waals surface area contributed by atoms with Gasteiger partial charge in [-0.2, -0.15) is 0 Å². The Morgan fingerprint density at radius 1 is 1.21 bits per heavy atom. The van der Waals surface area contributed by atoms with Gasteiger partial charge in [0.25, 0.3) is 0 Å². The fourth-order valence-corrected chi connectivity index (χ4v) is 2.57. The minimum Gasteiger partial charge on any atom is -0.383 e. The van der Waals surface area contributed by atoms with E-state index in [2.05, 4.69) is 43.4 Å². The second kappa shape index (κ2) is 6.53. The molecule has 0 spiro atoms. The van der Waals surface area contributed by atoms with Crippen molar-refractivity contribution in [1.29, 1.82) is 0 Å². The maximum atomic E-state index is 5.07. The first-order chi connectivity index (χ1) is 9.15. The van der Waals surface area contributed by atoms with Gasteiger partial charge in [0.1, 0.15) is 0 Å². The molecule has 1 aromatic rings. The summed E-state index contributed by atoms with van der Waals surface area (Å²) in [7, 11) is 1.75. The Hall–Kier alpha value is -0.860. The third kappa shape index (κ3) is 4.32. The first-order valence-corrected chi connectivity index (χ1v) is 7.44. The Morgan fingerprint density at radius 3 is 2.42 bits per heavy atom. The van der Waals surface area contributed by atoms with Crippen molar-refractivity contribution in [3.8, 4) is 0 Å². The molecule has 0 amide bonds. The SMILES string of the molecule is COCCNCC1(Cc2ccc(C(C)C)cc2)CC1. The summed E-state index contributed by atoms with van der Waals surface area (Å²) in [6.45, 7) is 7.39. The lowest BCUT2D eigenvalue weighted by Crippen LogP contribution is -2.28. The summed E-state index contributed by atoms with van der Waals surface area (Å²) in [5, 5.41) is 3.51. The molecular weight excluding hydrogens is 234 g/mol. The van der Waals surface area contributed by atoms with Crippen LogP contribution < -0.4 is 5.32 Å². The van der Waals surface area contributed by atoms with Crippen LogP contribution in [0.5, 0.6) is 0 Å². The van der Waals surface area contributed by atoms with E-state index < -0.39 is 0 Å². The molecule has 0 radical (unpaired) electrons. The maximum absolute atomic E-state index is 5.07. The van der Waals surface area contributed by atoms with Crippen LogP contribution in [0.4, 0.5) is 0 Å². The van der Waals surface area contributed by atoms with Crippen LogP contribution in [0.25, 0.3) is 0 Å². The molecule has 0 heterocycles. The number of hydrogen-bond acceptors (Lipinski definition) is 2. The number of methoxy groups -OCH3 is 1. The first kappa shape index (κ1) is 14.5. The summed E-state index contributed by atoms with van der Waals surface area (Å²) in [4.78, 5) is 0. The minimum absolute atomic E-state index is 0.521. The van der Waals surface area contributed by atoms with Gasteiger partial charge in [-0.3, -0.25) is 0 Å². The van der Waals surface area contributed by atoms with Crippen molar-refractivity contribution in [3.63, 3.8) is 0 Å². The van der Waals surface area contributed by atoms with Crippen molar-refractivity contribution in [2.45, 2.75) is 39.0 Å². The topological polar surface area (TPSA) is 21.3 Å². The van der Waals surface area contributed by atoms with Gasteiger partial charge < -0.3 is 10.1 Å². The number of nitrogens with one attached hydrogen (secondary N) is 1. The van der Waals surface area contributed by atoms with Crippen molar-refractivity contribution in [2.24, 2.45) is 5.41 Å². The molecular formula is C17H27NO. The van der Waals surface area contributed by atoms with Crippen LogP contribution in [-0.2, 0) is 11.2 Å². The van der Waals surface area contributed by atoms with Gasteiger partial charge in [0.15, 0.2) is 0 Å². The fraction of sp³-hybridized carbons (Fsp3) is 0.647. The summed E-state index contributed by atoms with van der Waals surface area (Å²) >= 11 is 0. The lowest BCUT2D eigenvalue weighted by Gasteiger charge is -2.16. The molecule has 19 heavy (non-hydrogen) atoms. The molecule has 1 aliphatic rings. The van der Waals surface area contributed by atoms with Crippen LogP contribution in [-0.4, -0.2) is 26.8 Å². The molecule has 0 unspecified atom stereocenters. The van der Waals surface area contributed by atoms with E-state index in [0.717, 1.165) is 19.7 Å². The monoisotopic (exact) mass is 261 g/mol. The summed E-state index contributed by atoms with van der Waals surface area (Å²) in [6, 6.07) is 9.19. The molecule has 2 nitrogen and oxygen atoms in total. The quantitative estimate of drug-likeness (QED) is 0.724. The highest BCUT2D eigenvalue weighted by molar-refractivity contribution is 5.26. The molecule has 0 aliphatic heterocycles. The molecule has 106 valence electrons. The zero-order valence-corrected chi connectivity index (χ0v) is 12.5. The lowest BCUT2D eigenvalue weighted by molar-refractivity contribution is 0.197. The van der Waals surface area contributed by atoms with Gasteiger partial charge in [-0.15, -0.1) is 0 Å². The van der Waals surface area contributed by atoms with Gasteiger partial charge in [0, 0.05) is 20.2 Å². The summed E-state index contributed by atoms with van der Waals surface area (Å²) in [5.74, 6) is 0.625. The first-order valence-electron chi connectivity index (χ1n) is 7.44. The molecule has 2 rings (SSSR count). The van der Waals surface area contributed by atoms with Crippen LogP contribution in [0.1, 0.15) is 43.7 Å². The molecule has 1 N–H and O–H groups in total.